The van der Waals surface area contributed by atoms with Crippen LogP contribution in [0.2, 0.25) is 0 Å². The van der Waals surface area contributed by atoms with Crippen molar-refractivity contribution in [2.45, 2.75) is 32.6 Å². The molecule has 0 saturated heterocycles. The van der Waals surface area contributed by atoms with Crippen molar-refractivity contribution in [1.82, 2.24) is 0 Å². The summed E-state index contributed by atoms with van der Waals surface area (Å²) in [5.41, 5.74) is 4.38. The second kappa shape index (κ2) is 3.36. The lowest BCUT2D eigenvalue weighted by Gasteiger charge is -2.36. The number of nitrogens with two attached hydrogens (primary N) is 1. The highest BCUT2D eigenvalue weighted by Gasteiger charge is 2.45. The molecule has 1 rings (SSSR count). The van der Waals surface area contributed by atoms with E-state index in [2.05, 4.69) is 0 Å². The molecule has 1 amide bonds. The highest BCUT2D eigenvalue weighted by Crippen LogP contribution is 2.40. The fourth-order valence-corrected chi connectivity index (χ4v) is 2.02. The van der Waals surface area contributed by atoms with Crippen LogP contribution in [0.25, 0.3) is 0 Å². The van der Waals surface area contributed by atoms with Gasteiger partial charge in [-0.05, 0) is 19.8 Å². The standard InChI is InChI=1S/C9H15NO3/c1-9(8(10)13)5-3-2-4-6(9)7(11)12/h6H,2-5H2,1H3,(H2,10,13)(H,11,12)/t6-,9?/m1/s1. The van der Waals surface area contributed by atoms with Gasteiger partial charge in [0.1, 0.15) is 0 Å². The Hall–Kier alpha value is -1.06. The van der Waals surface area contributed by atoms with Gasteiger partial charge in [0.25, 0.3) is 0 Å². The zero-order valence-corrected chi connectivity index (χ0v) is 7.75. The van der Waals surface area contributed by atoms with Crippen LogP contribution in [0.4, 0.5) is 0 Å². The minimum Gasteiger partial charge on any atom is -0.481 e. The van der Waals surface area contributed by atoms with Crippen molar-refractivity contribution in [3.8, 4) is 0 Å². The monoisotopic (exact) mass is 185 g/mol. The van der Waals surface area contributed by atoms with E-state index in [4.69, 9.17) is 10.8 Å². The number of aliphatic carboxylic acids is 1. The van der Waals surface area contributed by atoms with Crippen molar-refractivity contribution in [1.29, 1.82) is 0 Å². The number of primary amides is 1. The molecule has 1 aliphatic carbocycles. The van der Waals surface area contributed by atoms with Crippen LogP contribution in [0.3, 0.4) is 0 Å². The molecule has 0 heterocycles. The SMILES string of the molecule is CC1(C(N)=O)CCCC[C@@H]1C(=O)O. The highest BCUT2D eigenvalue weighted by atomic mass is 16.4. The number of amides is 1. The van der Waals surface area contributed by atoms with Crippen LogP contribution in [0.15, 0.2) is 0 Å². The largest absolute Gasteiger partial charge is 0.481 e. The second-order valence-electron chi connectivity index (χ2n) is 3.92. The molecule has 0 aromatic carbocycles. The molecule has 1 fully saturated rings. The quantitative estimate of drug-likeness (QED) is 0.666. The molecule has 0 spiro atoms. The highest BCUT2D eigenvalue weighted by molar-refractivity contribution is 5.86. The number of hydrogen-bond donors (Lipinski definition) is 2. The molecule has 1 saturated carbocycles. The normalized spacial score (nSPS) is 34.1. The van der Waals surface area contributed by atoms with Crippen LogP contribution >= 0.6 is 0 Å². The minimum atomic E-state index is -0.902. The molecule has 4 nitrogen and oxygen atoms in total. The van der Waals surface area contributed by atoms with Gasteiger partial charge in [0.05, 0.1) is 11.3 Å². The van der Waals surface area contributed by atoms with Gasteiger partial charge in [-0.1, -0.05) is 12.8 Å². The van der Waals surface area contributed by atoms with E-state index in [0.29, 0.717) is 12.8 Å². The van der Waals surface area contributed by atoms with E-state index in [1.807, 2.05) is 0 Å². The zero-order valence-electron chi connectivity index (χ0n) is 7.75. The molecule has 0 aromatic heterocycles. The summed E-state index contributed by atoms with van der Waals surface area (Å²) in [6, 6.07) is 0. The van der Waals surface area contributed by atoms with Gasteiger partial charge in [0, 0.05) is 0 Å². The number of hydrogen-bond acceptors (Lipinski definition) is 2. The third kappa shape index (κ3) is 1.66. The number of carboxylic acid groups (broad SMARTS) is 1. The molecule has 13 heavy (non-hydrogen) atoms. The Kier molecular flexibility index (Phi) is 2.59. The van der Waals surface area contributed by atoms with E-state index < -0.39 is 23.2 Å². The van der Waals surface area contributed by atoms with Crippen LogP contribution in [-0.2, 0) is 9.59 Å². The average molecular weight is 185 g/mol. The van der Waals surface area contributed by atoms with Crippen LogP contribution in [0.1, 0.15) is 32.6 Å². The Balaban J connectivity index is 2.89. The molecule has 0 aromatic rings. The molecular formula is C9H15NO3. The smallest absolute Gasteiger partial charge is 0.307 e. The molecule has 74 valence electrons. The first kappa shape index (κ1) is 10.0. The third-order valence-electron chi connectivity index (χ3n) is 3.07. The summed E-state index contributed by atoms with van der Waals surface area (Å²) in [5.74, 6) is -1.99. The van der Waals surface area contributed by atoms with E-state index in [1.165, 1.54) is 0 Å². The summed E-state index contributed by atoms with van der Waals surface area (Å²) in [6.45, 7) is 1.66. The molecule has 3 N–H and O–H groups in total. The lowest BCUT2D eigenvalue weighted by atomic mass is 9.67. The van der Waals surface area contributed by atoms with Crippen molar-refractivity contribution in [2.24, 2.45) is 17.1 Å². The minimum absolute atomic E-state index is 0.486. The maximum absolute atomic E-state index is 11.1. The van der Waals surface area contributed by atoms with Crippen LogP contribution < -0.4 is 5.73 Å². The number of carbonyl (C=O) groups is 2. The molecule has 1 unspecified atom stereocenters. The van der Waals surface area contributed by atoms with Crippen molar-refractivity contribution < 1.29 is 14.7 Å². The lowest BCUT2D eigenvalue weighted by Crippen LogP contribution is -2.46. The van der Waals surface area contributed by atoms with Gasteiger partial charge in [0.15, 0.2) is 0 Å². The van der Waals surface area contributed by atoms with Crippen molar-refractivity contribution in [2.75, 3.05) is 0 Å². The Morgan fingerprint density at radius 2 is 2.08 bits per heavy atom. The van der Waals surface area contributed by atoms with Crippen LogP contribution in [-0.4, -0.2) is 17.0 Å². The predicted molar refractivity (Wildman–Crippen MR) is 46.9 cm³/mol. The van der Waals surface area contributed by atoms with Gasteiger partial charge in [-0.3, -0.25) is 9.59 Å². The summed E-state index contributed by atoms with van der Waals surface area (Å²) >= 11 is 0. The van der Waals surface area contributed by atoms with Crippen molar-refractivity contribution >= 4 is 11.9 Å². The maximum atomic E-state index is 11.1. The first-order valence-corrected chi connectivity index (χ1v) is 4.51. The van der Waals surface area contributed by atoms with E-state index in [1.54, 1.807) is 6.92 Å². The third-order valence-corrected chi connectivity index (χ3v) is 3.07. The van der Waals surface area contributed by atoms with Gasteiger partial charge >= 0.3 is 5.97 Å². The Labute approximate surface area is 77.1 Å². The molecule has 0 radical (unpaired) electrons. The molecule has 2 atom stereocenters. The van der Waals surface area contributed by atoms with Gasteiger partial charge in [-0.25, -0.2) is 0 Å². The maximum Gasteiger partial charge on any atom is 0.307 e. The molecular weight excluding hydrogens is 170 g/mol. The zero-order chi connectivity index (χ0) is 10.1. The van der Waals surface area contributed by atoms with E-state index in [0.717, 1.165) is 12.8 Å². The van der Waals surface area contributed by atoms with E-state index >= 15 is 0 Å². The van der Waals surface area contributed by atoms with E-state index in [9.17, 15) is 9.59 Å². The van der Waals surface area contributed by atoms with Crippen LogP contribution in [0, 0.1) is 11.3 Å². The molecule has 1 aliphatic rings. The van der Waals surface area contributed by atoms with Crippen molar-refractivity contribution in [3.05, 3.63) is 0 Å². The van der Waals surface area contributed by atoms with Gasteiger partial charge in [0.2, 0.25) is 5.91 Å². The molecule has 0 bridgehead atoms. The van der Waals surface area contributed by atoms with Crippen molar-refractivity contribution in [3.63, 3.8) is 0 Å². The summed E-state index contributed by atoms with van der Waals surface area (Å²) in [6.07, 6.45) is 2.93. The summed E-state index contributed by atoms with van der Waals surface area (Å²) in [7, 11) is 0. The Morgan fingerprint density at radius 1 is 1.46 bits per heavy atom. The Bertz CT molecular complexity index is 239. The van der Waals surface area contributed by atoms with Gasteiger partial charge in [-0.15, -0.1) is 0 Å². The first-order chi connectivity index (χ1) is 5.98. The fourth-order valence-electron chi connectivity index (χ4n) is 2.02. The average Bonchev–Trinajstić information content (AvgIpc) is 2.04. The number of rotatable bonds is 2. The molecule has 0 aliphatic heterocycles. The number of carboxylic acids is 1. The Morgan fingerprint density at radius 3 is 2.46 bits per heavy atom. The predicted octanol–water partition coefficient (Wildman–Crippen LogP) is 0.753. The number of carbonyl (C=O) groups excluding carboxylic acids is 1. The fraction of sp³-hybridized carbons (Fsp3) is 0.778. The topological polar surface area (TPSA) is 80.4 Å². The second-order valence-corrected chi connectivity index (χ2v) is 3.92. The van der Waals surface area contributed by atoms with Crippen LogP contribution in [0.5, 0.6) is 0 Å². The lowest BCUT2D eigenvalue weighted by molar-refractivity contribution is -0.153. The van der Waals surface area contributed by atoms with Gasteiger partial charge < -0.3 is 10.8 Å². The summed E-state index contributed by atoms with van der Waals surface area (Å²) < 4.78 is 0. The molecule has 4 heteroatoms. The first-order valence-electron chi connectivity index (χ1n) is 4.51. The van der Waals surface area contributed by atoms with E-state index in [-0.39, 0.29) is 0 Å². The summed E-state index contributed by atoms with van der Waals surface area (Å²) in [4.78, 5) is 22.0. The summed E-state index contributed by atoms with van der Waals surface area (Å²) in [5, 5.41) is 8.91. The van der Waals surface area contributed by atoms with Gasteiger partial charge in [-0.2, -0.15) is 0 Å².